The molecule has 1 aromatic carbocycles. The highest BCUT2D eigenvalue weighted by Gasteiger charge is 2.18. The van der Waals surface area contributed by atoms with Gasteiger partial charge in [-0.3, -0.25) is 0 Å². The van der Waals surface area contributed by atoms with Crippen LogP contribution >= 0.6 is 0 Å². The van der Waals surface area contributed by atoms with Crippen molar-refractivity contribution >= 4 is 5.97 Å². The second-order valence-corrected chi connectivity index (χ2v) is 5.64. The van der Waals surface area contributed by atoms with E-state index in [1.807, 2.05) is 24.3 Å². The molecule has 2 unspecified atom stereocenters. The molecule has 0 radical (unpaired) electrons. The summed E-state index contributed by atoms with van der Waals surface area (Å²) < 4.78 is 5.32. The van der Waals surface area contributed by atoms with Gasteiger partial charge >= 0.3 is 5.97 Å². The van der Waals surface area contributed by atoms with E-state index in [0.29, 0.717) is 11.8 Å². The molecule has 0 aliphatic heterocycles. The van der Waals surface area contributed by atoms with Gasteiger partial charge in [0.2, 0.25) is 0 Å². The van der Waals surface area contributed by atoms with Crippen molar-refractivity contribution in [3.63, 3.8) is 0 Å². The van der Waals surface area contributed by atoms with Gasteiger partial charge in [-0.2, -0.15) is 0 Å². The lowest BCUT2D eigenvalue weighted by atomic mass is 9.87. The fraction of sp³-hybridized carbons (Fsp3) is 0.562. The van der Waals surface area contributed by atoms with Gasteiger partial charge in [0.05, 0.1) is 0 Å². The number of hydrogen-bond acceptors (Lipinski definition) is 3. The summed E-state index contributed by atoms with van der Waals surface area (Å²) in [4.78, 5) is 10.6. The van der Waals surface area contributed by atoms with Crippen LogP contribution in [-0.2, 0) is 11.3 Å². The van der Waals surface area contributed by atoms with Crippen LogP contribution in [0.1, 0.15) is 38.2 Å². The van der Waals surface area contributed by atoms with Gasteiger partial charge in [0.15, 0.2) is 6.61 Å². The number of carboxylic acid groups (broad SMARTS) is 1. The summed E-state index contributed by atoms with van der Waals surface area (Å²) in [5.41, 5.74) is 1.02. The molecular formula is C16H23NO3. The molecule has 20 heavy (non-hydrogen) atoms. The zero-order valence-corrected chi connectivity index (χ0v) is 12.0. The summed E-state index contributed by atoms with van der Waals surface area (Å²) in [5, 5.41) is 12.3. The number of benzene rings is 1. The van der Waals surface area contributed by atoms with E-state index >= 15 is 0 Å². The summed E-state index contributed by atoms with van der Waals surface area (Å²) in [5.74, 6) is 0.500. The molecular weight excluding hydrogens is 254 g/mol. The molecule has 2 rings (SSSR count). The van der Waals surface area contributed by atoms with Gasteiger partial charge in [-0.05, 0) is 24.8 Å². The summed E-state index contributed by atoms with van der Waals surface area (Å²) in [6, 6.07) is 8.18. The van der Waals surface area contributed by atoms with E-state index in [2.05, 4.69) is 12.2 Å². The number of carboxylic acids is 1. The van der Waals surface area contributed by atoms with Crippen LogP contribution in [0.5, 0.6) is 5.75 Å². The molecule has 4 heteroatoms. The van der Waals surface area contributed by atoms with Gasteiger partial charge in [-0.25, -0.2) is 4.79 Å². The molecule has 1 aliphatic rings. The van der Waals surface area contributed by atoms with E-state index in [1.54, 1.807) is 0 Å². The minimum atomic E-state index is -0.950. The Bertz CT molecular complexity index is 447. The number of rotatable bonds is 6. The van der Waals surface area contributed by atoms with Crippen molar-refractivity contribution in [2.45, 2.75) is 45.2 Å². The van der Waals surface area contributed by atoms with Gasteiger partial charge in [0.25, 0.3) is 0 Å². The maximum Gasteiger partial charge on any atom is 0.341 e. The van der Waals surface area contributed by atoms with Crippen LogP contribution in [0.4, 0.5) is 0 Å². The molecule has 1 aliphatic carbocycles. The maximum absolute atomic E-state index is 10.6. The normalized spacial score (nSPS) is 22.4. The van der Waals surface area contributed by atoms with Crippen LogP contribution in [-0.4, -0.2) is 23.7 Å². The highest BCUT2D eigenvalue weighted by atomic mass is 16.5. The summed E-state index contributed by atoms with van der Waals surface area (Å²) in [6.45, 7) is 2.74. The fourth-order valence-electron chi connectivity index (χ4n) is 2.80. The molecule has 2 atom stereocenters. The van der Waals surface area contributed by atoms with Crippen molar-refractivity contribution in [3.05, 3.63) is 29.8 Å². The quantitative estimate of drug-likeness (QED) is 0.839. The monoisotopic (exact) mass is 277 g/mol. The summed E-state index contributed by atoms with van der Waals surface area (Å²) in [7, 11) is 0. The summed E-state index contributed by atoms with van der Waals surface area (Å²) in [6.07, 6.45) is 5.06. The first kappa shape index (κ1) is 14.9. The predicted molar refractivity (Wildman–Crippen MR) is 77.8 cm³/mol. The number of aliphatic carboxylic acids is 1. The maximum atomic E-state index is 10.6. The molecule has 1 saturated carbocycles. The highest BCUT2D eigenvalue weighted by molar-refractivity contribution is 5.68. The average molecular weight is 277 g/mol. The van der Waals surface area contributed by atoms with Crippen LogP contribution < -0.4 is 10.1 Å². The van der Waals surface area contributed by atoms with Crippen LogP contribution in [0, 0.1) is 5.92 Å². The molecule has 4 nitrogen and oxygen atoms in total. The fourth-order valence-corrected chi connectivity index (χ4v) is 2.80. The first-order valence-corrected chi connectivity index (χ1v) is 7.31. The van der Waals surface area contributed by atoms with Crippen LogP contribution in [0.25, 0.3) is 0 Å². The standard InChI is InChI=1S/C16H23NO3/c1-12-5-4-7-14(9-12)17-10-13-6-2-3-8-15(13)20-11-16(18)19/h2-3,6,8,12,14,17H,4-5,7,9-11H2,1H3,(H,18,19). The molecule has 0 heterocycles. The molecule has 0 bridgehead atoms. The lowest BCUT2D eigenvalue weighted by Gasteiger charge is -2.27. The molecule has 1 aromatic rings. The number of nitrogens with one attached hydrogen (secondary N) is 1. The van der Waals surface area contributed by atoms with Gasteiger partial charge in [-0.15, -0.1) is 0 Å². The molecule has 110 valence electrons. The van der Waals surface area contributed by atoms with E-state index in [4.69, 9.17) is 9.84 Å². The number of hydrogen-bond donors (Lipinski definition) is 2. The number of para-hydroxylation sites is 1. The van der Waals surface area contributed by atoms with Crippen LogP contribution in [0.2, 0.25) is 0 Å². The second-order valence-electron chi connectivity index (χ2n) is 5.64. The summed E-state index contributed by atoms with van der Waals surface area (Å²) >= 11 is 0. The van der Waals surface area contributed by atoms with Gasteiger partial charge in [0, 0.05) is 18.2 Å². The minimum Gasteiger partial charge on any atom is -0.482 e. The van der Waals surface area contributed by atoms with Crippen molar-refractivity contribution in [2.24, 2.45) is 5.92 Å². The lowest BCUT2D eigenvalue weighted by Crippen LogP contribution is -2.33. The van der Waals surface area contributed by atoms with Gasteiger partial charge in [0.1, 0.15) is 5.75 Å². The zero-order valence-electron chi connectivity index (χ0n) is 12.0. The third-order valence-electron chi connectivity index (χ3n) is 3.84. The Balaban J connectivity index is 1.89. The third-order valence-corrected chi connectivity index (χ3v) is 3.84. The van der Waals surface area contributed by atoms with E-state index in [1.165, 1.54) is 25.7 Å². The van der Waals surface area contributed by atoms with Crippen LogP contribution in [0.15, 0.2) is 24.3 Å². The highest BCUT2D eigenvalue weighted by Crippen LogP contribution is 2.24. The van der Waals surface area contributed by atoms with Crippen molar-refractivity contribution in [3.8, 4) is 5.75 Å². The van der Waals surface area contributed by atoms with E-state index < -0.39 is 5.97 Å². The van der Waals surface area contributed by atoms with Crippen molar-refractivity contribution in [2.75, 3.05) is 6.61 Å². The second kappa shape index (κ2) is 7.29. The number of carbonyl (C=O) groups is 1. The molecule has 1 fully saturated rings. The van der Waals surface area contributed by atoms with Crippen molar-refractivity contribution < 1.29 is 14.6 Å². The SMILES string of the molecule is CC1CCCC(NCc2ccccc2OCC(=O)O)C1. The number of ether oxygens (including phenoxy) is 1. The van der Waals surface area contributed by atoms with Gasteiger partial charge in [-0.1, -0.05) is 38.0 Å². The minimum absolute atomic E-state index is 0.294. The Morgan fingerprint density at radius 1 is 1.40 bits per heavy atom. The van der Waals surface area contributed by atoms with E-state index in [9.17, 15) is 4.79 Å². The molecule has 0 amide bonds. The Kier molecular flexibility index (Phi) is 5.41. The average Bonchev–Trinajstić information content (AvgIpc) is 2.44. The van der Waals surface area contributed by atoms with E-state index in [-0.39, 0.29) is 6.61 Å². The molecule has 0 saturated heterocycles. The Morgan fingerprint density at radius 3 is 2.95 bits per heavy atom. The zero-order chi connectivity index (χ0) is 14.4. The first-order chi connectivity index (χ1) is 9.65. The first-order valence-electron chi connectivity index (χ1n) is 7.31. The topological polar surface area (TPSA) is 58.6 Å². The van der Waals surface area contributed by atoms with Gasteiger partial charge < -0.3 is 15.2 Å². The van der Waals surface area contributed by atoms with Crippen molar-refractivity contribution in [1.82, 2.24) is 5.32 Å². The molecule has 0 spiro atoms. The predicted octanol–water partition coefficient (Wildman–Crippen LogP) is 2.82. The smallest absolute Gasteiger partial charge is 0.341 e. The third kappa shape index (κ3) is 4.53. The Hall–Kier alpha value is -1.55. The largest absolute Gasteiger partial charge is 0.482 e. The molecule has 0 aromatic heterocycles. The van der Waals surface area contributed by atoms with Crippen LogP contribution in [0.3, 0.4) is 0 Å². The van der Waals surface area contributed by atoms with E-state index in [0.717, 1.165) is 18.0 Å². The Labute approximate surface area is 120 Å². The lowest BCUT2D eigenvalue weighted by molar-refractivity contribution is -0.139. The Morgan fingerprint density at radius 2 is 2.20 bits per heavy atom. The molecule has 2 N–H and O–H groups in total. The van der Waals surface area contributed by atoms with Crippen molar-refractivity contribution in [1.29, 1.82) is 0 Å².